The molecular formula is C14H19Cl2NO3. The first-order chi connectivity index (χ1) is 9.13. The van der Waals surface area contributed by atoms with Gasteiger partial charge in [-0.1, -0.05) is 18.5 Å². The van der Waals surface area contributed by atoms with E-state index in [9.17, 15) is 4.79 Å². The molecular weight excluding hydrogens is 301 g/mol. The quantitative estimate of drug-likeness (QED) is 0.867. The maximum absolute atomic E-state index is 11.4. The van der Waals surface area contributed by atoms with Crippen LogP contribution >= 0.6 is 24.0 Å². The molecule has 1 saturated heterocycles. The number of ether oxygens (including phenoxy) is 2. The monoisotopic (exact) mass is 319 g/mol. The van der Waals surface area contributed by atoms with Gasteiger partial charge < -0.3 is 14.8 Å². The number of aryl methyl sites for hydroxylation is 1. The van der Waals surface area contributed by atoms with E-state index in [0.29, 0.717) is 18.0 Å². The average molecular weight is 320 g/mol. The Bertz CT molecular complexity index is 468. The molecule has 1 aromatic carbocycles. The zero-order valence-corrected chi connectivity index (χ0v) is 13.1. The molecule has 4 nitrogen and oxygen atoms in total. The summed E-state index contributed by atoms with van der Waals surface area (Å²) in [6.45, 7) is 2.70. The van der Waals surface area contributed by atoms with E-state index in [4.69, 9.17) is 21.1 Å². The van der Waals surface area contributed by atoms with E-state index in [1.165, 1.54) is 7.11 Å². The van der Waals surface area contributed by atoms with Gasteiger partial charge in [-0.15, -0.1) is 12.4 Å². The van der Waals surface area contributed by atoms with Crippen molar-refractivity contribution in [2.45, 2.75) is 31.9 Å². The molecule has 1 N–H and O–H groups in total. The Morgan fingerprint density at radius 2 is 2.25 bits per heavy atom. The summed E-state index contributed by atoms with van der Waals surface area (Å²) in [5, 5.41) is 3.81. The lowest BCUT2D eigenvalue weighted by Crippen LogP contribution is -2.31. The van der Waals surface area contributed by atoms with Crippen molar-refractivity contribution < 1.29 is 14.3 Å². The summed E-state index contributed by atoms with van der Waals surface area (Å²) < 4.78 is 10.7. The Morgan fingerprint density at radius 3 is 2.90 bits per heavy atom. The summed E-state index contributed by atoms with van der Waals surface area (Å²) in [5.41, 5.74) is 1.08. The number of nitrogens with one attached hydrogen (secondary N) is 1. The number of carbonyl (C=O) groups excluding carboxylic acids is 1. The lowest BCUT2D eigenvalue weighted by Gasteiger charge is -2.16. The molecule has 0 radical (unpaired) electrons. The normalized spacial score (nSPS) is 21.1. The minimum Gasteiger partial charge on any atom is -0.489 e. The van der Waals surface area contributed by atoms with Gasteiger partial charge in [0.25, 0.3) is 0 Å². The third-order valence-electron chi connectivity index (χ3n) is 3.27. The minimum absolute atomic E-state index is 0. The highest BCUT2D eigenvalue weighted by Gasteiger charge is 2.31. The van der Waals surface area contributed by atoms with Crippen LogP contribution in [0.4, 0.5) is 0 Å². The molecule has 2 unspecified atom stereocenters. The lowest BCUT2D eigenvalue weighted by molar-refractivity contribution is -0.142. The van der Waals surface area contributed by atoms with Crippen LogP contribution in [0.25, 0.3) is 0 Å². The van der Waals surface area contributed by atoms with Crippen molar-refractivity contribution in [2.24, 2.45) is 0 Å². The largest absolute Gasteiger partial charge is 0.489 e. The molecule has 0 saturated carbocycles. The summed E-state index contributed by atoms with van der Waals surface area (Å²) in [7, 11) is 1.40. The number of benzene rings is 1. The second kappa shape index (κ2) is 7.72. The molecule has 1 fully saturated rings. The fraction of sp³-hybridized carbons (Fsp3) is 0.500. The van der Waals surface area contributed by atoms with Gasteiger partial charge in [-0.05, 0) is 30.2 Å². The van der Waals surface area contributed by atoms with Crippen molar-refractivity contribution in [3.63, 3.8) is 0 Å². The third kappa shape index (κ3) is 4.01. The van der Waals surface area contributed by atoms with E-state index < -0.39 is 0 Å². The van der Waals surface area contributed by atoms with Crippen LogP contribution in [0.15, 0.2) is 18.2 Å². The van der Waals surface area contributed by atoms with Gasteiger partial charge in [-0.2, -0.15) is 0 Å². The number of carbonyl (C=O) groups is 1. The molecule has 2 rings (SSSR count). The minimum atomic E-state index is -0.271. The highest BCUT2D eigenvalue weighted by molar-refractivity contribution is 6.30. The van der Waals surface area contributed by atoms with Gasteiger partial charge in [0, 0.05) is 18.0 Å². The Labute approximate surface area is 130 Å². The van der Waals surface area contributed by atoms with Gasteiger partial charge in [0.1, 0.15) is 17.9 Å². The maximum atomic E-state index is 11.4. The molecule has 0 aromatic heterocycles. The summed E-state index contributed by atoms with van der Waals surface area (Å²) in [4.78, 5) is 11.4. The predicted molar refractivity (Wildman–Crippen MR) is 80.9 cm³/mol. The van der Waals surface area contributed by atoms with Crippen molar-refractivity contribution in [1.29, 1.82) is 0 Å². The second-order valence-electron chi connectivity index (χ2n) is 4.57. The summed E-state index contributed by atoms with van der Waals surface area (Å²) in [5.74, 6) is 0.599. The van der Waals surface area contributed by atoms with Crippen molar-refractivity contribution in [2.75, 3.05) is 13.7 Å². The zero-order chi connectivity index (χ0) is 13.8. The lowest BCUT2D eigenvalue weighted by atomic mass is 10.1. The van der Waals surface area contributed by atoms with Crippen LogP contribution in [0.3, 0.4) is 0 Å². The summed E-state index contributed by atoms with van der Waals surface area (Å²) in [6, 6.07) is 5.34. The number of rotatable bonds is 4. The van der Waals surface area contributed by atoms with E-state index in [1.807, 2.05) is 18.2 Å². The highest BCUT2D eigenvalue weighted by atomic mass is 35.5. The Kier molecular flexibility index (Phi) is 6.59. The molecule has 0 bridgehead atoms. The molecule has 20 heavy (non-hydrogen) atoms. The molecule has 6 heteroatoms. The van der Waals surface area contributed by atoms with Gasteiger partial charge in [0.05, 0.1) is 7.11 Å². The molecule has 1 aliphatic rings. The van der Waals surface area contributed by atoms with E-state index >= 15 is 0 Å². The first kappa shape index (κ1) is 17.1. The van der Waals surface area contributed by atoms with Crippen LogP contribution in [0.1, 0.15) is 18.9 Å². The standard InChI is InChI=1S/C14H18ClNO3.ClH/c1-3-9-6-10(15)4-5-13(9)19-11-7-12(16-8-11)14(17)18-2;/h4-6,11-12,16H,3,7-8H2,1-2H3;1H. The Morgan fingerprint density at radius 1 is 1.50 bits per heavy atom. The number of methoxy groups -OCH3 is 1. The first-order valence-corrected chi connectivity index (χ1v) is 6.78. The van der Waals surface area contributed by atoms with Crippen LogP contribution in [-0.2, 0) is 16.0 Å². The second-order valence-corrected chi connectivity index (χ2v) is 5.00. The molecule has 0 amide bonds. The molecule has 0 aliphatic carbocycles. The van der Waals surface area contributed by atoms with Crippen LogP contribution in [0.2, 0.25) is 5.02 Å². The van der Waals surface area contributed by atoms with Crippen molar-refractivity contribution >= 4 is 30.0 Å². The smallest absolute Gasteiger partial charge is 0.323 e. The zero-order valence-electron chi connectivity index (χ0n) is 11.5. The number of hydrogen-bond donors (Lipinski definition) is 1. The van der Waals surface area contributed by atoms with Gasteiger partial charge in [-0.3, -0.25) is 4.79 Å². The van der Waals surface area contributed by atoms with Crippen LogP contribution < -0.4 is 10.1 Å². The molecule has 112 valence electrons. The average Bonchev–Trinajstić information content (AvgIpc) is 2.88. The van der Waals surface area contributed by atoms with Gasteiger partial charge in [0.15, 0.2) is 0 Å². The van der Waals surface area contributed by atoms with Gasteiger partial charge in [0.2, 0.25) is 0 Å². The number of esters is 1. The van der Waals surface area contributed by atoms with E-state index in [1.54, 1.807) is 0 Å². The number of hydrogen-bond acceptors (Lipinski definition) is 4. The Hall–Kier alpha value is -0.970. The first-order valence-electron chi connectivity index (χ1n) is 6.40. The molecule has 2 atom stereocenters. The Balaban J connectivity index is 0.00000200. The maximum Gasteiger partial charge on any atom is 0.323 e. The summed E-state index contributed by atoms with van der Waals surface area (Å²) in [6.07, 6.45) is 1.46. The molecule has 1 aromatic rings. The third-order valence-corrected chi connectivity index (χ3v) is 3.51. The van der Waals surface area contributed by atoms with Crippen LogP contribution in [0.5, 0.6) is 5.75 Å². The van der Waals surface area contributed by atoms with Gasteiger partial charge >= 0.3 is 5.97 Å². The van der Waals surface area contributed by atoms with Crippen LogP contribution in [0, 0.1) is 0 Å². The van der Waals surface area contributed by atoms with Crippen molar-refractivity contribution in [3.8, 4) is 5.75 Å². The highest BCUT2D eigenvalue weighted by Crippen LogP contribution is 2.26. The van der Waals surface area contributed by atoms with Crippen molar-refractivity contribution in [1.82, 2.24) is 5.32 Å². The molecule has 1 heterocycles. The SMILES string of the molecule is CCc1cc(Cl)ccc1OC1CNC(C(=O)OC)C1.Cl. The fourth-order valence-electron chi connectivity index (χ4n) is 2.23. The van der Waals surface area contributed by atoms with E-state index in [-0.39, 0.29) is 30.5 Å². The van der Waals surface area contributed by atoms with E-state index in [0.717, 1.165) is 17.7 Å². The predicted octanol–water partition coefficient (Wildman–Crippen LogP) is 2.61. The van der Waals surface area contributed by atoms with Crippen LogP contribution in [-0.4, -0.2) is 31.8 Å². The molecule has 0 spiro atoms. The summed E-state index contributed by atoms with van der Waals surface area (Å²) >= 11 is 5.97. The van der Waals surface area contributed by atoms with Gasteiger partial charge in [-0.25, -0.2) is 0 Å². The number of halogens is 2. The van der Waals surface area contributed by atoms with E-state index in [2.05, 4.69) is 12.2 Å². The van der Waals surface area contributed by atoms with Crippen molar-refractivity contribution in [3.05, 3.63) is 28.8 Å². The topological polar surface area (TPSA) is 47.6 Å². The fourth-order valence-corrected chi connectivity index (χ4v) is 2.43. The molecule has 1 aliphatic heterocycles.